The number of esters is 2. The molecule has 0 amide bonds. The third-order valence-electron chi connectivity index (χ3n) is 6.68. The van der Waals surface area contributed by atoms with Gasteiger partial charge in [0.25, 0.3) is 0 Å². The first-order valence-corrected chi connectivity index (χ1v) is 10.9. The van der Waals surface area contributed by atoms with Crippen molar-refractivity contribution in [2.75, 3.05) is 0 Å². The predicted molar refractivity (Wildman–Crippen MR) is 115 cm³/mol. The minimum absolute atomic E-state index is 0.0208. The van der Waals surface area contributed by atoms with Crippen molar-refractivity contribution >= 4 is 11.9 Å². The van der Waals surface area contributed by atoms with Gasteiger partial charge in [-0.05, 0) is 44.7 Å². The molecule has 1 saturated carbocycles. The van der Waals surface area contributed by atoms with Crippen LogP contribution in [0.1, 0.15) is 52.2 Å². The van der Waals surface area contributed by atoms with Crippen molar-refractivity contribution in [2.45, 2.75) is 64.4 Å². The van der Waals surface area contributed by atoms with Crippen molar-refractivity contribution in [3.05, 3.63) is 46.6 Å². The molecule has 2 aliphatic rings. The Morgan fingerprint density at radius 1 is 1.27 bits per heavy atom. The summed E-state index contributed by atoms with van der Waals surface area (Å²) in [6.07, 6.45) is 1.51. The lowest BCUT2D eigenvalue weighted by molar-refractivity contribution is -0.199. The average Bonchev–Trinajstić information content (AvgIpc) is 2.74. The number of carbonyl (C=O) groups is 2. The van der Waals surface area contributed by atoms with Crippen LogP contribution in [0, 0.1) is 11.8 Å². The molecule has 9 nitrogen and oxygen atoms in total. The van der Waals surface area contributed by atoms with Crippen LogP contribution in [0.4, 0.5) is 0 Å². The van der Waals surface area contributed by atoms with Crippen LogP contribution in [-0.2, 0) is 19.1 Å². The molecule has 6 atom stereocenters. The molecule has 33 heavy (non-hydrogen) atoms. The quantitative estimate of drug-likeness (QED) is 0.690. The first-order chi connectivity index (χ1) is 15.6. The van der Waals surface area contributed by atoms with E-state index in [-0.39, 0.29) is 23.0 Å². The van der Waals surface area contributed by atoms with E-state index in [0.717, 1.165) is 0 Å². The van der Waals surface area contributed by atoms with E-state index in [1.165, 1.54) is 13.8 Å². The van der Waals surface area contributed by atoms with Crippen LogP contribution in [0.5, 0.6) is 5.75 Å². The Balaban J connectivity index is 1.76. The van der Waals surface area contributed by atoms with Gasteiger partial charge in [-0.25, -0.2) is 4.79 Å². The van der Waals surface area contributed by atoms with Gasteiger partial charge in [-0.15, -0.1) is 0 Å². The fraction of sp³-hybridized carbons (Fsp3) is 0.500. The molecule has 176 valence electrons. The Morgan fingerprint density at radius 3 is 2.67 bits per heavy atom. The summed E-state index contributed by atoms with van der Waals surface area (Å²) in [4.78, 5) is 40.3. The zero-order valence-corrected chi connectivity index (χ0v) is 18.9. The van der Waals surface area contributed by atoms with E-state index in [4.69, 9.17) is 18.6 Å². The van der Waals surface area contributed by atoms with Crippen molar-refractivity contribution in [1.29, 1.82) is 0 Å². The molecule has 0 saturated heterocycles. The summed E-state index contributed by atoms with van der Waals surface area (Å²) < 4.78 is 22.8. The van der Waals surface area contributed by atoms with Crippen molar-refractivity contribution in [1.82, 2.24) is 4.98 Å². The van der Waals surface area contributed by atoms with E-state index >= 15 is 0 Å². The zero-order valence-electron chi connectivity index (χ0n) is 18.9. The summed E-state index contributed by atoms with van der Waals surface area (Å²) in [6, 6.07) is 5.01. The van der Waals surface area contributed by atoms with Crippen LogP contribution in [0.2, 0.25) is 0 Å². The second kappa shape index (κ2) is 8.62. The minimum atomic E-state index is -1.22. The maximum absolute atomic E-state index is 12.9. The molecule has 1 aliphatic carbocycles. The van der Waals surface area contributed by atoms with Gasteiger partial charge in [0, 0.05) is 43.8 Å². The summed E-state index contributed by atoms with van der Waals surface area (Å²) in [5.74, 6) is -1.29. The molecule has 6 unspecified atom stereocenters. The molecule has 1 fully saturated rings. The number of hydrogen-bond acceptors (Lipinski definition) is 9. The second-order valence-corrected chi connectivity index (χ2v) is 8.90. The van der Waals surface area contributed by atoms with Crippen molar-refractivity contribution in [3.63, 3.8) is 0 Å². The average molecular weight is 457 g/mol. The first-order valence-electron chi connectivity index (χ1n) is 10.9. The summed E-state index contributed by atoms with van der Waals surface area (Å²) in [5.41, 5.74) is -1.21. The maximum atomic E-state index is 12.9. The van der Waals surface area contributed by atoms with E-state index in [9.17, 15) is 19.5 Å². The van der Waals surface area contributed by atoms with Gasteiger partial charge < -0.3 is 23.7 Å². The topological polar surface area (TPSA) is 125 Å². The fourth-order valence-corrected chi connectivity index (χ4v) is 5.02. The SMILES string of the molecule is CC(=O)OC(C)C1CC(OC(C)=O)C2(C)Oc3cc(-c4cccnc4)oc(=O)c3C(O)C2C1. The predicted octanol–water partition coefficient (Wildman–Crippen LogP) is 2.80. The monoisotopic (exact) mass is 457 g/mol. The zero-order chi connectivity index (χ0) is 23.9. The third kappa shape index (κ3) is 4.25. The van der Waals surface area contributed by atoms with Gasteiger partial charge in [0.15, 0.2) is 0 Å². The molecule has 3 heterocycles. The fourth-order valence-electron chi connectivity index (χ4n) is 5.02. The lowest BCUT2D eigenvalue weighted by Crippen LogP contribution is -2.61. The Hall–Kier alpha value is -3.20. The molecule has 0 bridgehead atoms. The highest BCUT2D eigenvalue weighted by Crippen LogP contribution is 2.52. The minimum Gasteiger partial charge on any atom is -0.482 e. The molecular formula is C24H27NO8. The number of carbonyl (C=O) groups excluding carboxylic acids is 2. The summed E-state index contributed by atoms with van der Waals surface area (Å²) >= 11 is 0. The highest BCUT2D eigenvalue weighted by molar-refractivity contribution is 5.67. The largest absolute Gasteiger partial charge is 0.482 e. The van der Waals surface area contributed by atoms with Crippen LogP contribution in [0.15, 0.2) is 39.8 Å². The van der Waals surface area contributed by atoms with Gasteiger partial charge in [-0.1, -0.05) is 0 Å². The van der Waals surface area contributed by atoms with Crippen molar-refractivity contribution in [2.24, 2.45) is 11.8 Å². The lowest BCUT2D eigenvalue weighted by atomic mass is 9.64. The van der Waals surface area contributed by atoms with Gasteiger partial charge in [0.2, 0.25) is 0 Å². The summed E-state index contributed by atoms with van der Waals surface area (Å²) in [5, 5.41) is 11.3. The maximum Gasteiger partial charge on any atom is 0.345 e. The Labute approximate surface area is 190 Å². The standard InChI is InChI=1S/C24H27NO8/c1-12(30-13(2)26)16-8-17-22(28)21-19(33-24(17,4)20(9-16)31-14(3)27)10-18(32-23(21)29)15-6-5-7-25-11-15/h5-7,10-12,16-17,20,22,28H,8-9H2,1-4H3. The summed E-state index contributed by atoms with van der Waals surface area (Å²) in [7, 11) is 0. The van der Waals surface area contributed by atoms with Gasteiger partial charge in [0.1, 0.15) is 34.9 Å². The van der Waals surface area contributed by atoms with E-state index in [2.05, 4.69) is 4.98 Å². The van der Waals surface area contributed by atoms with Crippen LogP contribution < -0.4 is 10.4 Å². The number of aliphatic hydroxyl groups excluding tert-OH is 1. The molecule has 2 aromatic rings. The molecular weight excluding hydrogens is 430 g/mol. The lowest BCUT2D eigenvalue weighted by Gasteiger charge is -2.53. The summed E-state index contributed by atoms with van der Waals surface area (Å²) in [6.45, 7) is 6.16. The first kappa shape index (κ1) is 23.0. The number of aromatic nitrogens is 1. The van der Waals surface area contributed by atoms with Crippen LogP contribution in [-0.4, -0.2) is 39.8 Å². The number of aliphatic hydroxyl groups is 1. The third-order valence-corrected chi connectivity index (χ3v) is 6.68. The normalized spacial score (nSPS) is 29.1. The highest BCUT2D eigenvalue weighted by Gasteiger charge is 2.58. The van der Waals surface area contributed by atoms with E-state index in [1.54, 1.807) is 44.4 Å². The molecule has 1 aliphatic heterocycles. The smallest absolute Gasteiger partial charge is 0.345 e. The Kier molecular flexibility index (Phi) is 6.00. The van der Waals surface area contributed by atoms with Crippen molar-refractivity contribution in [3.8, 4) is 17.1 Å². The number of nitrogens with zero attached hydrogens (tertiary/aromatic N) is 1. The molecule has 0 aromatic carbocycles. The molecule has 4 rings (SSSR count). The molecule has 1 N–H and O–H groups in total. The van der Waals surface area contributed by atoms with Gasteiger partial charge in [0.05, 0.1) is 6.10 Å². The molecule has 0 radical (unpaired) electrons. The van der Waals surface area contributed by atoms with E-state index in [1.807, 2.05) is 0 Å². The number of hydrogen-bond donors (Lipinski definition) is 1. The van der Waals surface area contributed by atoms with Crippen LogP contribution in [0.3, 0.4) is 0 Å². The molecule has 0 spiro atoms. The van der Waals surface area contributed by atoms with Crippen LogP contribution in [0.25, 0.3) is 11.3 Å². The van der Waals surface area contributed by atoms with E-state index < -0.39 is 47.4 Å². The number of ether oxygens (including phenoxy) is 3. The van der Waals surface area contributed by atoms with Gasteiger partial charge in [-0.2, -0.15) is 0 Å². The van der Waals surface area contributed by atoms with E-state index in [0.29, 0.717) is 18.4 Å². The Bertz CT molecular complexity index is 1110. The Morgan fingerprint density at radius 2 is 2.03 bits per heavy atom. The number of rotatable bonds is 4. The highest BCUT2D eigenvalue weighted by atomic mass is 16.6. The number of pyridine rings is 1. The molecule has 9 heteroatoms. The number of fused-ring (bicyclic) bond motifs is 2. The molecule has 2 aromatic heterocycles. The van der Waals surface area contributed by atoms with Crippen LogP contribution >= 0.6 is 0 Å². The second-order valence-electron chi connectivity index (χ2n) is 8.90. The van der Waals surface area contributed by atoms with Gasteiger partial charge >= 0.3 is 17.6 Å². The van der Waals surface area contributed by atoms with Gasteiger partial charge in [-0.3, -0.25) is 14.6 Å². The van der Waals surface area contributed by atoms with Crippen molar-refractivity contribution < 1.29 is 33.3 Å².